The van der Waals surface area contributed by atoms with Gasteiger partial charge in [0.15, 0.2) is 0 Å². The van der Waals surface area contributed by atoms with Crippen molar-refractivity contribution in [3.8, 4) is 0 Å². The van der Waals surface area contributed by atoms with Gasteiger partial charge in [0.2, 0.25) is 0 Å². The summed E-state index contributed by atoms with van der Waals surface area (Å²) in [5.74, 6) is 4.19. The van der Waals surface area contributed by atoms with Crippen LogP contribution in [0.25, 0.3) is 0 Å². The molecule has 0 heterocycles. The van der Waals surface area contributed by atoms with Gasteiger partial charge in [-0.3, -0.25) is 9.59 Å². The molecule has 0 spiro atoms. The van der Waals surface area contributed by atoms with E-state index in [4.69, 9.17) is 9.84 Å². The van der Waals surface area contributed by atoms with Crippen LogP contribution in [0.4, 0.5) is 0 Å². The Kier molecular flexibility index (Phi) is 9.74. The van der Waals surface area contributed by atoms with Gasteiger partial charge in [-0.05, 0) is 91.3 Å². The van der Waals surface area contributed by atoms with Gasteiger partial charge in [0.05, 0.1) is 0 Å². The van der Waals surface area contributed by atoms with E-state index in [-0.39, 0.29) is 29.0 Å². The third-order valence-electron chi connectivity index (χ3n) is 11.0. The molecule has 0 radical (unpaired) electrons. The average Bonchev–Trinajstić information content (AvgIpc) is 3.19. The quantitative estimate of drug-likeness (QED) is 0.121. The van der Waals surface area contributed by atoms with Crippen LogP contribution in [0.1, 0.15) is 105 Å². The highest BCUT2D eigenvalue weighted by atomic mass is 33.1. The van der Waals surface area contributed by atoms with Gasteiger partial charge in [-0.1, -0.05) is 87.1 Å². The summed E-state index contributed by atoms with van der Waals surface area (Å²) < 4.78 is 5.84. The SMILES string of the molecule is CC(C)CCCC(C)[C@H]1CC[C@H]2[C@@H]3CC=C4C[C@@H](OC(=O)CSSCC(=O)O)CC[C@]4(C)[C@H]3CC[C@]12C. The number of esters is 1. The first-order valence-electron chi connectivity index (χ1n) is 14.9. The van der Waals surface area contributed by atoms with E-state index < -0.39 is 5.97 Å². The number of rotatable bonds is 11. The summed E-state index contributed by atoms with van der Waals surface area (Å²) in [7, 11) is 2.48. The van der Waals surface area contributed by atoms with Gasteiger partial charge in [-0.2, -0.15) is 0 Å². The molecule has 0 saturated heterocycles. The Morgan fingerprint density at radius 2 is 1.78 bits per heavy atom. The van der Waals surface area contributed by atoms with E-state index >= 15 is 0 Å². The summed E-state index contributed by atoms with van der Waals surface area (Å²) in [5.41, 5.74) is 2.33. The minimum atomic E-state index is -0.854. The zero-order chi connectivity index (χ0) is 26.8. The molecule has 37 heavy (non-hydrogen) atoms. The van der Waals surface area contributed by atoms with Crippen molar-refractivity contribution in [2.45, 2.75) is 111 Å². The Bertz CT molecular complexity index is 856. The van der Waals surface area contributed by atoms with Gasteiger partial charge in [-0.15, -0.1) is 0 Å². The van der Waals surface area contributed by atoms with Crippen molar-refractivity contribution >= 4 is 33.5 Å². The molecule has 3 fully saturated rings. The largest absolute Gasteiger partial charge is 0.481 e. The molecule has 0 aromatic rings. The fraction of sp³-hybridized carbons (Fsp3) is 0.871. The Labute approximate surface area is 233 Å². The van der Waals surface area contributed by atoms with Crippen LogP contribution >= 0.6 is 21.6 Å². The summed E-state index contributed by atoms with van der Waals surface area (Å²) in [4.78, 5) is 23.0. The molecule has 0 aromatic heterocycles. The molecule has 3 saturated carbocycles. The molecule has 210 valence electrons. The molecule has 4 aliphatic carbocycles. The van der Waals surface area contributed by atoms with Crippen LogP contribution in [0.5, 0.6) is 0 Å². The van der Waals surface area contributed by atoms with Crippen LogP contribution in [0.2, 0.25) is 0 Å². The van der Waals surface area contributed by atoms with Gasteiger partial charge >= 0.3 is 11.9 Å². The second-order valence-electron chi connectivity index (χ2n) is 13.6. The smallest absolute Gasteiger partial charge is 0.317 e. The summed E-state index contributed by atoms with van der Waals surface area (Å²) in [6.07, 6.45) is 16.5. The fourth-order valence-electron chi connectivity index (χ4n) is 9.15. The number of carbonyl (C=O) groups is 2. The van der Waals surface area contributed by atoms with E-state index in [1.807, 2.05) is 0 Å². The number of carboxylic acids is 1. The monoisotopic (exact) mass is 550 g/mol. The number of hydrogen-bond acceptors (Lipinski definition) is 5. The number of allylic oxidation sites excluding steroid dienone is 1. The third-order valence-corrected chi connectivity index (χ3v) is 13.1. The molecule has 4 rings (SSSR count). The number of aliphatic carboxylic acids is 1. The van der Waals surface area contributed by atoms with E-state index in [1.54, 1.807) is 5.57 Å². The van der Waals surface area contributed by atoms with Crippen LogP contribution < -0.4 is 0 Å². The van der Waals surface area contributed by atoms with Crippen molar-refractivity contribution in [2.24, 2.45) is 46.3 Å². The van der Waals surface area contributed by atoms with Crippen LogP contribution in [0, 0.1) is 46.3 Å². The molecule has 0 amide bonds. The number of fused-ring (bicyclic) bond motifs is 5. The maximum Gasteiger partial charge on any atom is 0.317 e. The second-order valence-corrected chi connectivity index (χ2v) is 16.0. The second kappa shape index (κ2) is 12.3. The lowest BCUT2D eigenvalue weighted by Crippen LogP contribution is -2.51. The third kappa shape index (κ3) is 6.42. The Morgan fingerprint density at radius 3 is 2.51 bits per heavy atom. The highest BCUT2D eigenvalue weighted by Crippen LogP contribution is 2.67. The lowest BCUT2D eigenvalue weighted by Gasteiger charge is -2.58. The number of ether oxygens (including phenoxy) is 1. The zero-order valence-corrected chi connectivity index (χ0v) is 25.4. The van der Waals surface area contributed by atoms with Crippen LogP contribution in [-0.2, 0) is 14.3 Å². The van der Waals surface area contributed by atoms with Crippen molar-refractivity contribution in [2.75, 3.05) is 11.5 Å². The predicted molar refractivity (Wildman–Crippen MR) is 155 cm³/mol. The summed E-state index contributed by atoms with van der Waals surface area (Å²) in [6, 6.07) is 0. The maximum absolute atomic E-state index is 12.3. The predicted octanol–water partition coefficient (Wildman–Crippen LogP) is 8.41. The average molecular weight is 551 g/mol. The van der Waals surface area contributed by atoms with Crippen LogP contribution in [0.15, 0.2) is 11.6 Å². The first-order chi connectivity index (χ1) is 17.5. The molecule has 4 nitrogen and oxygen atoms in total. The highest BCUT2D eigenvalue weighted by Gasteiger charge is 2.59. The minimum absolute atomic E-state index is 0.00695. The molecule has 0 bridgehead atoms. The highest BCUT2D eigenvalue weighted by molar-refractivity contribution is 8.77. The van der Waals surface area contributed by atoms with Crippen molar-refractivity contribution in [3.05, 3.63) is 11.6 Å². The van der Waals surface area contributed by atoms with Gasteiger partial charge in [-0.25, -0.2) is 0 Å². The molecule has 1 N–H and O–H groups in total. The molecule has 1 unspecified atom stereocenters. The van der Waals surface area contributed by atoms with Crippen LogP contribution in [-0.4, -0.2) is 34.7 Å². The van der Waals surface area contributed by atoms with E-state index in [0.29, 0.717) is 5.41 Å². The van der Waals surface area contributed by atoms with E-state index in [1.165, 1.54) is 73.0 Å². The number of carbonyl (C=O) groups excluding carboxylic acids is 1. The molecular formula is C31H50O4S2. The Morgan fingerprint density at radius 1 is 1.03 bits per heavy atom. The van der Waals surface area contributed by atoms with Crippen molar-refractivity contribution in [1.29, 1.82) is 0 Å². The zero-order valence-electron chi connectivity index (χ0n) is 23.8. The molecule has 6 heteroatoms. The lowest BCUT2D eigenvalue weighted by atomic mass is 9.47. The van der Waals surface area contributed by atoms with Gasteiger partial charge in [0.1, 0.15) is 17.6 Å². The molecular weight excluding hydrogens is 500 g/mol. The van der Waals surface area contributed by atoms with Gasteiger partial charge in [0, 0.05) is 6.42 Å². The van der Waals surface area contributed by atoms with E-state index in [9.17, 15) is 9.59 Å². The first-order valence-corrected chi connectivity index (χ1v) is 17.4. The summed E-state index contributed by atoms with van der Waals surface area (Å²) in [6.45, 7) is 12.4. The van der Waals surface area contributed by atoms with Crippen molar-refractivity contribution < 1.29 is 19.4 Å². The normalized spacial score (nSPS) is 37.8. The summed E-state index contributed by atoms with van der Waals surface area (Å²) in [5, 5.41) is 8.75. The van der Waals surface area contributed by atoms with E-state index in [0.717, 1.165) is 54.8 Å². The van der Waals surface area contributed by atoms with Crippen molar-refractivity contribution in [1.82, 2.24) is 0 Å². The number of carboxylic acid groups (broad SMARTS) is 1. The fourth-order valence-corrected chi connectivity index (χ4v) is 10.7. The van der Waals surface area contributed by atoms with Gasteiger partial charge in [0.25, 0.3) is 0 Å². The van der Waals surface area contributed by atoms with Crippen molar-refractivity contribution in [3.63, 3.8) is 0 Å². The Hall–Kier alpha value is -0.620. The molecule has 0 aliphatic heterocycles. The van der Waals surface area contributed by atoms with Gasteiger partial charge < -0.3 is 9.84 Å². The standard InChI is InChI=1S/C31H50O4S2/c1-20(2)7-6-8-21(3)25-11-12-26-24-10-9-22-17-23(35-29(34)19-37-36-18-28(32)33)13-15-30(22,4)27(24)14-16-31(25,26)5/h9,20-21,23-27H,6-8,10-19H2,1-5H3,(H,32,33)/t21?,23-,24-,25+,26-,27-,30-,31+/m0/s1. The molecule has 0 aromatic carbocycles. The topological polar surface area (TPSA) is 63.6 Å². The molecule has 8 atom stereocenters. The minimum Gasteiger partial charge on any atom is -0.481 e. The van der Waals surface area contributed by atoms with E-state index in [2.05, 4.69) is 40.7 Å². The first kappa shape index (κ1) is 29.4. The molecule has 4 aliphatic rings. The number of hydrogen-bond donors (Lipinski definition) is 1. The summed E-state index contributed by atoms with van der Waals surface area (Å²) >= 11 is 0. The maximum atomic E-state index is 12.3. The van der Waals surface area contributed by atoms with Crippen LogP contribution in [0.3, 0.4) is 0 Å². The Balaban J connectivity index is 1.35. The lowest BCUT2D eigenvalue weighted by molar-refractivity contribution is -0.148.